The minimum atomic E-state index is -1.02. The lowest BCUT2D eigenvalue weighted by molar-refractivity contribution is -0.145. The van der Waals surface area contributed by atoms with Crippen molar-refractivity contribution in [3.8, 4) is 17.0 Å². The third-order valence-electron chi connectivity index (χ3n) is 8.21. The van der Waals surface area contributed by atoms with Gasteiger partial charge < -0.3 is 19.7 Å². The molecule has 2 N–H and O–H groups in total. The molecule has 0 amide bonds. The molecule has 0 bridgehead atoms. The molecule has 5 atom stereocenters. The minimum Gasteiger partial charge on any atom is -0.490 e. The van der Waals surface area contributed by atoms with Crippen molar-refractivity contribution >= 4 is 5.97 Å². The van der Waals surface area contributed by atoms with Gasteiger partial charge >= 0.3 is 5.97 Å². The summed E-state index contributed by atoms with van der Waals surface area (Å²) in [5.74, 6) is -1.45. The van der Waals surface area contributed by atoms with Crippen molar-refractivity contribution in [3.05, 3.63) is 70.9 Å². The molecule has 8 heteroatoms. The summed E-state index contributed by atoms with van der Waals surface area (Å²) in [7, 11) is 1.52. The van der Waals surface area contributed by atoms with E-state index >= 15 is 4.39 Å². The van der Waals surface area contributed by atoms with Crippen LogP contribution in [-0.2, 0) is 9.53 Å². The topological polar surface area (TPSA) is 92.1 Å². The number of hydrogen-bond donors (Lipinski definition) is 2. The highest BCUT2D eigenvalue weighted by atomic mass is 19.1. The highest BCUT2D eigenvalue weighted by molar-refractivity contribution is 5.71. The Balaban J connectivity index is 1.66. The summed E-state index contributed by atoms with van der Waals surface area (Å²) in [6.45, 7) is 9.59. The predicted molar refractivity (Wildman–Crippen MR) is 148 cm³/mol. The molecule has 2 heterocycles. The first-order valence-corrected chi connectivity index (χ1v) is 13.7. The van der Waals surface area contributed by atoms with Crippen LogP contribution in [0.5, 0.6) is 5.88 Å². The molecule has 4 rings (SSSR count). The minimum absolute atomic E-state index is 0.0292. The molecule has 1 aliphatic heterocycles. The van der Waals surface area contributed by atoms with Gasteiger partial charge in [-0.15, -0.1) is 0 Å². The normalized spacial score (nSPS) is 21.2. The van der Waals surface area contributed by atoms with Crippen molar-refractivity contribution < 1.29 is 28.9 Å². The Labute approximate surface area is 230 Å². The number of aliphatic hydroxyl groups is 1. The van der Waals surface area contributed by atoms with E-state index in [0.29, 0.717) is 17.9 Å². The van der Waals surface area contributed by atoms with Gasteiger partial charge in [-0.1, -0.05) is 38.1 Å². The summed E-state index contributed by atoms with van der Waals surface area (Å²) in [5, 5.41) is 20.0. The fourth-order valence-corrected chi connectivity index (χ4v) is 5.67. The number of hydrogen-bond acceptors (Lipinski definition) is 6. The second-order valence-electron chi connectivity index (χ2n) is 10.4. The monoisotopic (exact) mass is 538 g/mol. The van der Waals surface area contributed by atoms with E-state index in [1.165, 1.54) is 20.2 Å². The number of aliphatic hydroxyl groups excluding tert-OH is 1. The Morgan fingerprint density at radius 1 is 1.23 bits per heavy atom. The Kier molecular flexibility index (Phi) is 9.08. The molecule has 1 aliphatic carbocycles. The molecular formula is C31H39FN2O5. The fourth-order valence-electron chi connectivity index (χ4n) is 5.67. The smallest absolute Gasteiger partial charge is 0.308 e. The number of carboxylic acid groups (broad SMARTS) is 1. The van der Waals surface area contributed by atoms with Gasteiger partial charge in [0, 0.05) is 30.0 Å². The maximum atomic E-state index is 15.0. The zero-order valence-corrected chi connectivity index (χ0v) is 23.4. The molecule has 1 aromatic carbocycles. The Bertz CT molecular complexity index is 1260. The largest absolute Gasteiger partial charge is 0.490 e. The molecule has 0 radical (unpaired) electrons. The van der Waals surface area contributed by atoms with Gasteiger partial charge in [-0.05, 0) is 68.1 Å². The van der Waals surface area contributed by atoms with E-state index in [2.05, 4.69) is 36.7 Å². The van der Waals surface area contributed by atoms with Crippen LogP contribution in [0.3, 0.4) is 0 Å². The standard InChI is InChI=1S/C31H39FN2O5/c1-6-34(7-2)19(4)24-14-21(10-12-23(24)25-16-29(38-5)33-17-26(25)32)27-13-11-20-8-9-22(15-28(20)39-27)30(35)18(3)31(36)37/h8-10,12,14,16-19,22,27,30,35H,6-7,11,13,15H2,1-5H3,(H,36,37)/t18-,19?,22?,27?,30+/m0/s1. The first-order valence-electron chi connectivity index (χ1n) is 13.7. The SMILES string of the molecule is CCN(CC)C(C)c1cc(C2CCC3=C(CC([C@H](O)[C@H](C)C(=O)O)C=C3)O2)ccc1-c1cc(OC)ncc1F. The van der Waals surface area contributed by atoms with Gasteiger partial charge in [0.2, 0.25) is 5.88 Å². The third kappa shape index (κ3) is 6.02. The predicted octanol–water partition coefficient (Wildman–Crippen LogP) is 6.06. The van der Waals surface area contributed by atoms with Crippen LogP contribution < -0.4 is 4.74 Å². The van der Waals surface area contributed by atoms with Crippen molar-refractivity contribution in [1.29, 1.82) is 0 Å². The van der Waals surface area contributed by atoms with Crippen molar-refractivity contribution in [2.75, 3.05) is 20.2 Å². The van der Waals surface area contributed by atoms with Gasteiger partial charge in [0.05, 0.1) is 25.3 Å². The number of carboxylic acids is 1. The van der Waals surface area contributed by atoms with Gasteiger partial charge in [-0.25, -0.2) is 9.37 Å². The number of aromatic nitrogens is 1. The van der Waals surface area contributed by atoms with Crippen molar-refractivity contribution in [1.82, 2.24) is 9.88 Å². The molecule has 2 aliphatic rings. The quantitative estimate of drug-likeness (QED) is 0.380. The fraction of sp³-hybridized carbons (Fsp3) is 0.484. The molecule has 2 aromatic rings. The van der Waals surface area contributed by atoms with Crippen LogP contribution in [0.4, 0.5) is 4.39 Å². The average molecular weight is 539 g/mol. The van der Waals surface area contributed by atoms with Crippen molar-refractivity contribution in [2.24, 2.45) is 11.8 Å². The number of rotatable bonds is 10. The van der Waals surface area contributed by atoms with E-state index in [0.717, 1.165) is 54.0 Å². The van der Waals surface area contributed by atoms with Crippen LogP contribution in [0.1, 0.15) is 70.2 Å². The van der Waals surface area contributed by atoms with Crippen LogP contribution in [0.25, 0.3) is 11.1 Å². The molecule has 0 saturated heterocycles. The summed E-state index contributed by atoms with van der Waals surface area (Å²) < 4.78 is 26.8. The van der Waals surface area contributed by atoms with E-state index in [9.17, 15) is 15.0 Å². The number of carbonyl (C=O) groups is 1. The number of halogens is 1. The second-order valence-corrected chi connectivity index (χ2v) is 10.4. The first kappa shape index (κ1) is 28.8. The second kappa shape index (κ2) is 12.3. The molecule has 210 valence electrons. The molecule has 0 fully saturated rings. The van der Waals surface area contributed by atoms with Gasteiger partial charge in [-0.2, -0.15) is 0 Å². The molecule has 1 aromatic heterocycles. The maximum Gasteiger partial charge on any atom is 0.308 e. The zero-order valence-electron chi connectivity index (χ0n) is 23.4. The van der Waals surface area contributed by atoms with E-state index in [-0.39, 0.29) is 18.1 Å². The number of benzene rings is 1. The molecule has 3 unspecified atom stereocenters. The summed E-state index contributed by atoms with van der Waals surface area (Å²) in [5.41, 5.74) is 4.33. The zero-order chi connectivity index (χ0) is 28.3. The molecule has 0 saturated carbocycles. The van der Waals surface area contributed by atoms with Crippen molar-refractivity contribution in [2.45, 2.75) is 65.2 Å². The first-order chi connectivity index (χ1) is 18.7. The van der Waals surface area contributed by atoms with Crippen LogP contribution in [-0.4, -0.2) is 52.4 Å². The lowest BCUT2D eigenvalue weighted by Crippen LogP contribution is -2.33. The molecule has 0 spiro atoms. The van der Waals surface area contributed by atoms with Crippen LogP contribution in [0.15, 0.2) is 53.9 Å². The Hall–Kier alpha value is -3.23. The maximum absolute atomic E-state index is 15.0. The Morgan fingerprint density at radius 2 is 1.97 bits per heavy atom. The number of nitrogens with zero attached hydrogens (tertiary/aromatic N) is 2. The summed E-state index contributed by atoms with van der Waals surface area (Å²) in [6.07, 6.45) is 5.95. The van der Waals surface area contributed by atoms with Gasteiger partial charge in [0.15, 0.2) is 0 Å². The average Bonchev–Trinajstić information content (AvgIpc) is 2.96. The summed E-state index contributed by atoms with van der Waals surface area (Å²) in [6, 6.07) is 7.74. The van der Waals surface area contributed by atoms with Gasteiger partial charge in [0.25, 0.3) is 0 Å². The number of methoxy groups -OCH3 is 1. The number of allylic oxidation sites excluding steroid dienone is 3. The summed E-state index contributed by atoms with van der Waals surface area (Å²) >= 11 is 0. The van der Waals surface area contributed by atoms with E-state index in [1.807, 2.05) is 24.3 Å². The van der Waals surface area contributed by atoms with E-state index < -0.39 is 23.8 Å². The van der Waals surface area contributed by atoms with E-state index in [4.69, 9.17) is 9.47 Å². The lowest BCUT2D eigenvalue weighted by Gasteiger charge is -2.34. The highest BCUT2D eigenvalue weighted by Crippen LogP contribution is 2.42. The molecular weight excluding hydrogens is 499 g/mol. The van der Waals surface area contributed by atoms with Crippen molar-refractivity contribution in [3.63, 3.8) is 0 Å². The van der Waals surface area contributed by atoms with Gasteiger partial charge in [0.1, 0.15) is 17.7 Å². The highest BCUT2D eigenvalue weighted by Gasteiger charge is 2.34. The number of aliphatic carboxylic acids is 1. The lowest BCUT2D eigenvalue weighted by atomic mass is 9.82. The van der Waals surface area contributed by atoms with Crippen LogP contribution in [0.2, 0.25) is 0 Å². The van der Waals surface area contributed by atoms with Gasteiger partial charge in [-0.3, -0.25) is 9.69 Å². The summed E-state index contributed by atoms with van der Waals surface area (Å²) in [4.78, 5) is 17.7. The number of ether oxygens (including phenoxy) is 2. The Morgan fingerprint density at radius 3 is 2.64 bits per heavy atom. The molecule has 39 heavy (non-hydrogen) atoms. The van der Waals surface area contributed by atoms with Crippen LogP contribution in [0, 0.1) is 17.7 Å². The van der Waals surface area contributed by atoms with Crippen LogP contribution >= 0.6 is 0 Å². The third-order valence-corrected chi connectivity index (χ3v) is 8.21. The number of pyridine rings is 1. The van der Waals surface area contributed by atoms with E-state index in [1.54, 1.807) is 6.07 Å². The molecule has 7 nitrogen and oxygen atoms in total.